The maximum atomic E-state index is 12.4. The van der Waals surface area contributed by atoms with Gasteiger partial charge in [0.2, 0.25) is 0 Å². The second-order valence-corrected chi connectivity index (χ2v) is 10.3. The first-order valence-electron chi connectivity index (χ1n) is 12.4. The minimum atomic E-state index is -1.01. The molecule has 1 aromatic carbocycles. The Bertz CT molecular complexity index is 894. The fraction of sp³-hybridized carbons (Fsp3) is 0.630. The number of hydrogen-bond acceptors (Lipinski definition) is 9. The van der Waals surface area contributed by atoms with Crippen molar-refractivity contribution in [2.75, 3.05) is 6.61 Å². The summed E-state index contributed by atoms with van der Waals surface area (Å²) in [5.41, 5.74) is 6.62. The van der Waals surface area contributed by atoms with E-state index < -0.39 is 30.1 Å². The standard InChI is InChI=1S/C27H41NO8/c1-16(2)10-24(29)33-15-19(7)34-27(32)21(28)13-20-8-9-22(35-25(30)11-17(3)4)23(14-20)36-26(31)12-18(5)6/h8-9,14,16-19,21H,10-13,15,28H2,1-7H3/t19-,21-/m0/s1. The molecule has 0 saturated carbocycles. The quantitative estimate of drug-likeness (QED) is 0.293. The van der Waals surface area contributed by atoms with E-state index in [0.717, 1.165) is 0 Å². The third-order valence-corrected chi connectivity index (χ3v) is 4.74. The fourth-order valence-corrected chi connectivity index (χ4v) is 3.10. The molecule has 0 aliphatic rings. The van der Waals surface area contributed by atoms with Crippen LogP contribution in [0.25, 0.3) is 0 Å². The van der Waals surface area contributed by atoms with Crippen molar-refractivity contribution >= 4 is 23.9 Å². The van der Waals surface area contributed by atoms with E-state index in [4.69, 9.17) is 24.7 Å². The number of rotatable bonds is 14. The highest BCUT2D eigenvalue weighted by atomic mass is 16.6. The Morgan fingerprint density at radius 2 is 1.25 bits per heavy atom. The summed E-state index contributed by atoms with van der Waals surface area (Å²) in [6.07, 6.45) is 0.119. The van der Waals surface area contributed by atoms with Crippen molar-refractivity contribution < 1.29 is 38.1 Å². The highest BCUT2D eigenvalue weighted by molar-refractivity contribution is 5.77. The normalized spacial score (nSPS) is 12.9. The molecular formula is C27H41NO8. The van der Waals surface area contributed by atoms with E-state index >= 15 is 0 Å². The number of benzene rings is 1. The van der Waals surface area contributed by atoms with Crippen molar-refractivity contribution in [2.24, 2.45) is 23.5 Å². The number of esters is 4. The van der Waals surface area contributed by atoms with Crippen LogP contribution in [-0.2, 0) is 35.1 Å². The zero-order chi connectivity index (χ0) is 27.4. The Morgan fingerprint density at radius 3 is 1.78 bits per heavy atom. The van der Waals surface area contributed by atoms with Crippen LogP contribution in [-0.4, -0.2) is 42.6 Å². The largest absolute Gasteiger partial charge is 0.462 e. The first-order valence-corrected chi connectivity index (χ1v) is 12.4. The van der Waals surface area contributed by atoms with Crippen molar-refractivity contribution in [1.29, 1.82) is 0 Å². The lowest BCUT2D eigenvalue weighted by Gasteiger charge is -2.18. The van der Waals surface area contributed by atoms with Crippen LogP contribution < -0.4 is 15.2 Å². The van der Waals surface area contributed by atoms with Gasteiger partial charge in [-0.15, -0.1) is 0 Å². The van der Waals surface area contributed by atoms with Crippen LogP contribution in [0.2, 0.25) is 0 Å². The summed E-state index contributed by atoms with van der Waals surface area (Å²) in [5, 5.41) is 0. The molecule has 0 aliphatic carbocycles. The zero-order valence-electron chi connectivity index (χ0n) is 22.5. The van der Waals surface area contributed by atoms with E-state index in [1.807, 2.05) is 41.5 Å². The molecule has 2 N–H and O–H groups in total. The first-order chi connectivity index (χ1) is 16.8. The molecule has 0 amide bonds. The molecule has 202 valence electrons. The van der Waals surface area contributed by atoms with Crippen LogP contribution in [0, 0.1) is 17.8 Å². The molecule has 36 heavy (non-hydrogen) atoms. The Labute approximate surface area is 214 Å². The van der Waals surface area contributed by atoms with Gasteiger partial charge in [-0.25, -0.2) is 0 Å². The summed E-state index contributed by atoms with van der Waals surface area (Å²) >= 11 is 0. The van der Waals surface area contributed by atoms with Gasteiger partial charge in [0.15, 0.2) is 11.5 Å². The van der Waals surface area contributed by atoms with Crippen molar-refractivity contribution in [3.8, 4) is 11.5 Å². The van der Waals surface area contributed by atoms with Crippen LogP contribution in [0.4, 0.5) is 0 Å². The lowest BCUT2D eigenvalue weighted by molar-refractivity contribution is -0.159. The van der Waals surface area contributed by atoms with Crippen molar-refractivity contribution in [1.82, 2.24) is 0 Å². The molecule has 0 unspecified atom stereocenters. The van der Waals surface area contributed by atoms with E-state index in [-0.39, 0.29) is 67.5 Å². The lowest BCUT2D eigenvalue weighted by Crippen LogP contribution is -2.37. The molecular weight excluding hydrogens is 466 g/mol. The van der Waals surface area contributed by atoms with Gasteiger partial charge in [0.25, 0.3) is 0 Å². The van der Waals surface area contributed by atoms with Crippen LogP contribution in [0.3, 0.4) is 0 Å². The molecule has 9 nitrogen and oxygen atoms in total. The molecule has 1 aromatic rings. The summed E-state index contributed by atoms with van der Waals surface area (Å²) in [7, 11) is 0. The van der Waals surface area contributed by atoms with E-state index in [1.54, 1.807) is 13.0 Å². The van der Waals surface area contributed by atoms with Gasteiger partial charge in [-0.05, 0) is 48.8 Å². The zero-order valence-corrected chi connectivity index (χ0v) is 22.5. The fourth-order valence-electron chi connectivity index (χ4n) is 3.10. The molecule has 0 heterocycles. The van der Waals surface area contributed by atoms with E-state index in [9.17, 15) is 19.2 Å². The van der Waals surface area contributed by atoms with Crippen LogP contribution in [0.1, 0.15) is 73.3 Å². The third kappa shape index (κ3) is 12.7. The SMILES string of the molecule is CC(C)CC(=O)OC[C@H](C)OC(=O)[C@@H](N)Cc1ccc(OC(=O)CC(C)C)c(OC(=O)CC(C)C)c1. The van der Waals surface area contributed by atoms with Crippen molar-refractivity contribution in [3.05, 3.63) is 23.8 Å². The summed E-state index contributed by atoms with van der Waals surface area (Å²) in [4.78, 5) is 48.6. The van der Waals surface area contributed by atoms with E-state index in [2.05, 4.69) is 0 Å². The molecule has 0 aliphatic heterocycles. The number of carbonyl (C=O) groups excluding carboxylic acids is 4. The molecule has 0 bridgehead atoms. The highest BCUT2D eigenvalue weighted by Gasteiger charge is 2.22. The van der Waals surface area contributed by atoms with Gasteiger partial charge < -0.3 is 24.7 Å². The van der Waals surface area contributed by atoms with E-state index in [1.165, 1.54) is 12.1 Å². The summed E-state index contributed by atoms with van der Waals surface area (Å²) in [5.74, 6) is -1.36. The Hall–Kier alpha value is -2.94. The molecule has 0 radical (unpaired) electrons. The van der Waals surface area contributed by atoms with Crippen LogP contribution in [0.15, 0.2) is 18.2 Å². The Balaban J connectivity index is 2.86. The van der Waals surface area contributed by atoms with Gasteiger partial charge in [-0.1, -0.05) is 47.6 Å². The third-order valence-electron chi connectivity index (χ3n) is 4.74. The molecule has 0 fully saturated rings. The van der Waals surface area contributed by atoms with Crippen molar-refractivity contribution in [3.63, 3.8) is 0 Å². The second-order valence-electron chi connectivity index (χ2n) is 10.3. The number of hydrogen-bond donors (Lipinski definition) is 1. The van der Waals surface area contributed by atoms with Gasteiger partial charge >= 0.3 is 23.9 Å². The molecule has 9 heteroatoms. The van der Waals surface area contributed by atoms with Gasteiger partial charge in [0.05, 0.1) is 0 Å². The monoisotopic (exact) mass is 507 g/mol. The Kier molecular flexibility index (Phi) is 13.2. The molecule has 0 saturated heterocycles. The minimum absolute atomic E-state index is 0.0591. The topological polar surface area (TPSA) is 131 Å². The Morgan fingerprint density at radius 1 is 0.750 bits per heavy atom. The predicted molar refractivity (Wildman–Crippen MR) is 134 cm³/mol. The van der Waals surface area contributed by atoms with Gasteiger partial charge in [-0.2, -0.15) is 0 Å². The lowest BCUT2D eigenvalue weighted by atomic mass is 10.1. The van der Waals surface area contributed by atoms with E-state index in [0.29, 0.717) is 5.56 Å². The molecule has 0 spiro atoms. The first kappa shape index (κ1) is 31.1. The molecule has 0 aromatic heterocycles. The predicted octanol–water partition coefficient (Wildman–Crippen LogP) is 3.98. The minimum Gasteiger partial charge on any atom is -0.462 e. The maximum Gasteiger partial charge on any atom is 0.323 e. The smallest absolute Gasteiger partial charge is 0.323 e. The maximum absolute atomic E-state index is 12.4. The average Bonchev–Trinajstić information content (AvgIpc) is 2.72. The number of nitrogens with two attached hydrogens (primary N) is 1. The summed E-state index contributed by atoms with van der Waals surface area (Å²) < 4.78 is 21.3. The highest BCUT2D eigenvalue weighted by Crippen LogP contribution is 2.30. The number of carbonyl (C=O) groups is 4. The summed E-state index contributed by atoms with van der Waals surface area (Å²) in [6, 6.07) is 3.68. The van der Waals surface area contributed by atoms with Crippen LogP contribution >= 0.6 is 0 Å². The second kappa shape index (κ2) is 15.2. The van der Waals surface area contributed by atoms with Crippen LogP contribution in [0.5, 0.6) is 11.5 Å². The molecule has 1 rings (SSSR count). The van der Waals surface area contributed by atoms with Crippen molar-refractivity contribution in [2.45, 2.75) is 86.3 Å². The number of ether oxygens (including phenoxy) is 4. The summed E-state index contributed by atoms with van der Waals surface area (Å²) in [6.45, 7) is 12.9. The molecule has 2 atom stereocenters. The van der Waals surface area contributed by atoms with Gasteiger partial charge in [-0.3, -0.25) is 19.2 Å². The van der Waals surface area contributed by atoms with Gasteiger partial charge in [0, 0.05) is 19.3 Å². The van der Waals surface area contributed by atoms with Gasteiger partial charge in [0.1, 0.15) is 18.8 Å². The average molecular weight is 508 g/mol.